The molecule has 0 saturated carbocycles. The number of aromatic amines is 1. The van der Waals surface area contributed by atoms with E-state index in [0.717, 1.165) is 5.82 Å². The molecule has 2 heterocycles. The fraction of sp³-hybridized carbons (Fsp3) is 0.364. The fourth-order valence-electron chi connectivity index (χ4n) is 1.58. The maximum Gasteiger partial charge on any atom is 0.273 e. The van der Waals surface area contributed by atoms with Crippen molar-refractivity contribution in [3.63, 3.8) is 0 Å². The van der Waals surface area contributed by atoms with E-state index < -0.39 is 10.0 Å². The number of H-pyrrole nitrogens is 1. The van der Waals surface area contributed by atoms with Gasteiger partial charge in [-0.3, -0.25) is 0 Å². The zero-order chi connectivity index (χ0) is 13.7. The van der Waals surface area contributed by atoms with Gasteiger partial charge in [-0.1, -0.05) is 0 Å². The third-order valence-corrected chi connectivity index (χ3v) is 3.79. The Morgan fingerprint density at radius 2 is 2.26 bits per heavy atom. The van der Waals surface area contributed by atoms with E-state index in [1.165, 1.54) is 6.07 Å². The third kappa shape index (κ3) is 3.66. The molecule has 0 unspecified atom stereocenters. The van der Waals surface area contributed by atoms with Crippen molar-refractivity contribution in [2.45, 2.75) is 18.1 Å². The van der Waals surface area contributed by atoms with Crippen molar-refractivity contribution < 1.29 is 12.8 Å². The SMILES string of the molecule is CNCc1ccc(S(=O)(=O)NCCc2ncc[nH]2)o1. The minimum absolute atomic E-state index is 0.0720. The van der Waals surface area contributed by atoms with E-state index in [0.29, 0.717) is 18.7 Å². The predicted molar refractivity (Wildman–Crippen MR) is 69.0 cm³/mol. The number of nitrogens with one attached hydrogen (secondary N) is 3. The van der Waals surface area contributed by atoms with Crippen LogP contribution < -0.4 is 10.0 Å². The van der Waals surface area contributed by atoms with Gasteiger partial charge in [-0.05, 0) is 19.2 Å². The summed E-state index contributed by atoms with van der Waals surface area (Å²) in [6, 6.07) is 3.08. The Kier molecular flexibility index (Phi) is 4.35. The molecule has 8 heteroatoms. The molecule has 0 saturated heterocycles. The van der Waals surface area contributed by atoms with Gasteiger partial charge in [0.15, 0.2) is 0 Å². The Labute approximate surface area is 111 Å². The molecule has 0 amide bonds. The molecule has 2 aromatic rings. The van der Waals surface area contributed by atoms with Crippen LogP contribution in [0.25, 0.3) is 0 Å². The lowest BCUT2D eigenvalue weighted by Crippen LogP contribution is -2.25. The highest BCUT2D eigenvalue weighted by molar-refractivity contribution is 7.89. The van der Waals surface area contributed by atoms with Crippen LogP contribution in [-0.2, 0) is 23.0 Å². The van der Waals surface area contributed by atoms with Gasteiger partial charge >= 0.3 is 0 Å². The summed E-state index contributed by atoms with van der Waals surface area (Å²) >= 11 is 0. The zero-order valence-corrected chi connectivity index (χ0v) is 11.3. The Bertz CT molecular complexity index is 604. The van der Waals surface area contributed by atoms with Crippen molar-refractivity contribution in [3.05, 3.63) is 36.1 Å². The molecule has 3 N–H and O–H groups in total. The van der Waals surface area contributed by atoms with Crippen LogP contribution in [0.4, 0.5) is 0 Å². The highest BCUT2D eigenvalue weighted by Gasteiger charge is 2.18. The van der Waals surface area contributed by atoms with Gasteiger partial charge in [0.1, 0.15) is 11.6 Å². The maximum atomic E-state index is 11.9. The van der Waals surface area contributed by atoms with Crippen molar-refractivity contribution in [2.75, 3.05) is 13.6 Å². The van der Waals surface area contributed by atoms with E-state index in [4.69, 9.17) is 4.42 Å². The summed E-state index contributed by atoms with van der Waals surface area (Å²) < 4.78 is 31.6. The van der Waals surface area contributed by atoms with Gasteiger partial charge in [-0.2, -0.15) is 0 Å². The molecule has 2 aromatic heterocycles. The first kappa shape index (κ1) is 13.8. The fourth-order valence-corrected chi connectivity index (χ4v) is 2.56. The average molecular weight is 284 g/mol. The third-order valence-electron chi connectivity index (χ3n) is 2.46. The van der Waals surface area contributed by atoms with Gasteiger partial charge in [-0.15, -0.1) is 0 Å². The van der Waals surface area contributed by atoms with Gasteiger partial charge in [0, 0.05) is 25.4 Å². The number of sulfonamides is 1. The van der Waals surface area contributed by atoms with E-state index in [9.17, 15) is 8.42 Å². The number of hydrogen-bond donors (Lipinski definition) is 3. The first-order valence-corrected chi connectivity index (χ1v) is 7.31. The summed E-state index contributed by atoms with van der Waals surface area (Å²) in [5, 5.41) is 2.82. The van der Waals surface area contributed by atoms with Gasteiger partial charge in [0.05, 0.1) is 6.54 Å². The molecule has 0 aliphatic rings. The van der Waals surface area contributed by atoms with Gasteiger partial charge < -0.3 is 14.7 Å². The van der Waals surface area contributed by atoms with Crippen LogP contribution in [0.2, 0.25) is 0 Å². The van der Waals surface area contributed by atoms with E-state index in [2.05, 4.69) is 20.0 Å². The molecule has 0 aromatic carbocycles. The van der Waals surface area contributed by atoms with Crippen LogP contribution in [-0.4, -0.2) is 32.0 Å². The first-order valence-electron chi connectivity index (χ1n) is 5.83. The van der Waals surface area contributed by atoms with Crippen molar-refractivity contribution in [2.24, 2.45) is 0 Å². The molecule has 0 radical (unpaired) electrons. The second kappa shape index (κ2) is 6.00. The van der Waals surface area contributed by atoms with Gasteiger partial charge in [0.2, 0.25) is 5.09 Å². The Balaban J connectivity index is 1.93. The van der Waals surface area contributed by atoms with E-state index in [1.807, 2.05) is 0 Å². The number of imidazole rings is 1. The van der Waals surface area contributed by atoms with Crippen molar-refractivity contribution in [1.29, 1.82) is 0 Å². The minimum atomic E-state index is -3.60. The lowest BCUT2D eigenvalue weighted by atomic mass is 10.4. The second-order valence-electron chi connectivity index (χ2n) is 3.93. The lowest BCUT2D eigenvalue weighted by molar-refractivity contribution is 0.404. The molecular formula is C11H16N4O3S. The summed E-state index contributed by atoms with van der Waals surface area (Å²) in [7, 11) is -1.83. The highest BCUT2D eigenvalue weighted by Crippen LogP contribution is 2.13. The van der Waals surface area contributed by atoms with Crippen molar-refractivity contribution in [1.82, 2.24) is 20.0 Å². The van der Waals surface area contributed by atoms with Crippen LogP contribution in [0.3, 0.4) is 0 Å². The van der Waals surface area contributed by atoms with Crippen LogP contribution in [0.1, 0.15) is 11.6 Å². The molecule has 7 nitrogen and oxygen atoms in total. The minimum Gasteiger partial charge on any atom is -0.447 e. The molecule has 104 valence electrons. The summed E-state index contributed by atoms with van der Waals surface area (Å²) in [6.07, 6.45) is 3.82. The number of hydrogen-bond acceptors (Lipinski definition) is 5. The molecule has 19 heavy (non-hydrogen) atoms. The quantitative estimate of drug-likeness (QED) is 0.676. The van der Waals surface area contributed by atoms with Crippen LogP contribution in [0.5, 0.6) is 0 Å². The summed E-state index contributed by atoms with van der Waals surface area (Å²) in [6.45, 7) is 0.750. The molecule has 0 bridgehead atoms. The summed E-state index contributed by atoms with van der Waals surface area (Å²) in [5.74, 6) is 1.31. The Morgan fingerprint density at radius 1 is 1.42 bits per heavy atom. The van der Waals surface area contributed by atoms with Crippen LogP contribution >= 0.6 is 0 Å². The molecule has 0 aliphatic heterocycles. The maximum absolute atomic E-state index is 11.9. The number of rotatable bonds is 7. The standard InChI is InChI=1S/C11H16N4O3S/c1-12-8-9-2-3-11(18-9)19(16,17)15-5-4-10-13-6-7-14-10/h2-3,6-7,12,15H,4-5,8H2,1H3,(H,13,14). The Morgan fingerprint density at radius 3 is 2.95 bits per heavy atom. The van der Waals surface area contributed by atoms with Crippen molar-refractivity contribution >= 4 is 10.0 Å². The first-order chi connectivity index (χ1) is 9.12. The predicted octanol–water partition coefficient (Wildman–Crippen LogP) is 0.243. The monoisotopic (exact) mass is 284 g/mol. The molecule has 0 aliphatic carbocycles. The van der Waals surface area contributed by atoms with Gasteiger partial charge in [-0.25, -0.2) is 18.1 Å². The van der Waals surface area contributed by atoms with Crippen LogP contribution in [0, 0.1) is 0 Å². The van der Waals surface area contributed by atoms with Crippen LogP contribution in [0.15, 0.2) is 34.0 Å². The second-order valence-corrected chi connectivity index (χ2v) is 5.63. The average Bonchev–Trinajstić information content (AvgIpc) is 3.00. The number of nitrogens with zero attached hydrogens (tertiary/aromatic N) is 1. The Hall–Kier alpha value is -1.64. The number of aromatic nitrogens is 2. The lowest BCUT2D eigenvalue weighted by Gasteiger charge is -2.02. The normalized spacial score (nSPS) is 11.8. The summed E-state index contributed by atoms with van der Waals surface area (Å²) in [5.41, 5.74) is 0. The van der Waals surface area contributed by atoms with E-state index in [1.54, 1.807) is 25.5 Å². The number of furan rings is 1. The largest absolute Gasteiger partial charge is 0.447 e. The highest BCUT2D eigenvalue weighted by atomic mass is 32.2. The zero-order valence-electron chi connectivity index (χ0n) is 10.5. The molecule has 0 spiro atoms. The molecule has 0 fully saturated rings. The molecule has 2 rings (SSSR count). The molecular weight excluding hydrogens is 268 g/mol. The summed E-state index contributed by atoms with van der Waals surface area (Å²) in [4.78, 5) is 6.92. The smallest absolute Gasteiger partial charge is 0.273 e. The van der Waals surface area contributed by atoms with Gasteiger partial charge in [0.25, 0.3) is 10.0 Å². The van der Waals surface area contributed by atoms with E-state index in [-0.39, 0.29) is 11.6 Å². The van der Waals surface area contributed by atoms with Crippen molar-refractivity contribution in [3.8, 4) is 0 Å². The molecule has 0 atom stereocenters. The van der Waals surface area contributed by atoms with E-state index >= 15 is 0 Å². The topological polar surface area (TPSA) is 100 Å².